The molecule has 11 heteroatoms. The van der Waals surface area contributed by atoms with E-state index in [1.807, 2.05) is 19.9 Å². The van der Waals surface area contributed by atoms with Crippen molar-refractivity contribution in [1.82, 2.24) is 10.7 Å². The lowest BCUT2D eigenvalue weighted by atomic mass is 10.1. The molecule has 0 spiro atoms. The fourth-order valence-corrected chi connectivity index (χ4v) is 5.75. The van der Waals surface area contributed by atoms with E-state index in [9.17, 15) is 18.0 Å². The first-order chi connectivity index (χ1) is 19.7. The summed E-state index contributed by atoms with van der Waals surface area (Å²) >= 11 is 0. The summed E-state index contributed by atoms with van der Waals surface area (Å²) in [7, 11) is -4.02. The van der Waals surface area contributed by atoms with E-state index in [2.05, 4.69) is 15.8 Å². The molecule has 0 aromatic heterocycles. The molecule has 41 heavy (non-hydrogen) atoms. The Morgan fingerprint density at radius 3 is 2.49 bits per heavy atom. The zero-order valence-electron chi connectivity index (χ0n) is 23.1. The summed E-state index contributed by atoms with van der Waals surface area (Å²) < 4.78 is 39.1. The minimum atomic E-state index is -4.02. The molecule has 1 fully saturated rings. The molecule has 1 aliphatic rings. The Balaban J connectivity index is 1.34. The van der Waals surface area contributed by atoms with E-state index in [1.54, 1.807) is 54.6 Å². The number of benzene rings is 3. The number of nitrogens with one attached hydrogen (secondary N) is 2. The lowest BCUT2D eigenvalue weighted by Gasteiger charge is -2.26. The summed E-state index contributed by atoms with van der Waals surface area (Å²) in [5.74, 6) is -0.317. The van der Waals surface area contributed by atoms with Gasteiger partial charge in [0.15, 0.2) is 6.61 Å². The average molecular weight is 579 g/mol. The molecule has 1 aliphatic heterocycles. The van der Waals surface area contributed by atoms with Gasteiger partial charge >= 0.3 is 0 Å². The van der Waals surface area contributed by atoms with Crippen molar-refractivity contribution in [2.45, 2.75) is 37.7 Å². The molecule has 1 atom stereocenters. The lowest BCUT2D eigenvalue weighted by molar-refractivity contribution is -0.123. The Hall–Kier alpha value is -4.22. The lowest BCUT2D eigenvalue weighted by Crippen LogP contribution is -2.40. The van der Waals surface area contributed by atoms with E-state index in [1.165, 1.54) is 18.3 Å². The second kappa shape index (κ2) is 13.9. The van der Waals surface area contributed by atoms with Gasteiger partial charge in [-0.25, -0.2) is 13.8 Å². The maximum absolute atomic E-state index is 13.5. The van der Waals surface area contributed by atoms with Crippen molar-refractivity contribution in [2.75, 3.05) is 30.6 Å². The third kappa shape index (κ3) is 8.15. The molecule has 1 heterocycles. The Morgan fingerprint density at radius 2 is 1.78 bits per heavy atom. The molecule has 0 radical (unpaired) electrons. The molecular formula is C30H34N4O6S. The monoisotopic (exact) mass is 578 g/mol. The van der Waals surface area contributed by atoms with Crippen LogP contribution in [0.4, 0.5) is 5.69 Å². The van der Waals surface area contributed by atoms with Gasteiger partial charge in [-0.2, -0.15) is 5.10 Å². The van der Waals surface area contributed by atoms with Crippen LogP contribution in [-0.4, -0.2) is 58.9 Å². The van der Waals surface area contributed by atoms with E-state index < -0.39 is 22.5 Å². The van der Waals surface area contributed by atoms with Crippen molar-refractivity contribution in [3.8, 4) is 5.75 Å². The van der Waals surface area contributed by atoms with E-state index in [0.29, 0.717) is 23.5 Å². The quantitative estimate of drug-likeness (QED) is 0.251. The number of carbonyl (C=O) groups excluding carboxylic acids is 2. The fourth-order valence-electron chi connectivity index (χ4n) is 4.25. The van der Waals surface area contributed by atoms with Gasteiger partial charge in [-0.05, 0) is 85.8 Å². The van der Waals surface area contributed by atoms with E-state index in [-0.39, 0.29) is 23.5 Å². The number of amides is 2. The van der Waals surface area contributed by atoms with E-state index >= 15 is 0 Å². The molecular weight excluding hydrogens is 544 g/mol. The van der Waals surface area contributed by atoms with Crippen LogP contribution in [0.15, 0.2) is 82.8 Å². The maximum Gasteiger partial charge on any atom is 0.264 e. The van der Waals surface area contributed by atoms with Crippen molar-refractivity contribution >= 4 is 33.7 Å². The van der Waals surface area contributed by atoms with Crippen LogP contribution in [0.1, 0.15) is 29.5 Å². The van der Waals surface area contributed by atoms with Gasteiger partial charge in [-0.3, -0.25) is 13.9 Å². The van der Waals surface area contributed by atoms with E-state index in [0.717, 1.165) is 34.9 Å². The second-order valence-corrected chi connectivity index (χ2v) is 11.5. The molecule has 1 saturated heterocycles. The number of sulfonamides is 1. The van der Waals surface area contributed by atoms with Crippen molar-refractivity contribution in [1.29, 1.82) is 0 Å². The highest BCUT2D eigenvalue weighted by molar-refractivity contribution is 7.92. The number of ether oxygens (including phenoxy) is 2. The molecule has 10 nitrogen and oxygen atoms in total. The third-order valence-electron chi connectivity index (χ3n) is 6.67. The SMILES string of the molecule is Cc1cccc(N(CC(=O)N/N=C\c2ccc(OCC(=O)NC[C@H]3CCCO3)cc2)S(=O)(=O)c2ccccc2)c1C. The minimum Gasteiger partial charge on any atom is -0.484 e. The molecule has 0 saturated carbocycles. The highest BCUT2D eigenvalue weighted by Crippen LogP contribution is 2.28. The van der Waals surface area contributed by atoms with Crippen molar-refractivity contribution in [2.24, 2.45) is 5.10 Å². The Kier molecular flexibility index (Phi) is 10.1. The number of anilines is 1. The van der Waals surface area contributed by atoms with Gasteiger partial charge in [-0.15, -0.1) is 0 Å². The predicted octanol–water partition coefficient (Wildman–Crippen LogP) is 3.32. The Labute approximate surface area is 240 Å². The summed E-state index contributed by atoms with van der Waals surface area (Å²) in [6.07, 6.45) is 3.46. The summed E-state index contributed by atoms with van der Waals surface area (Å²) in [4.78, 5) is 24.9. The molecule has 4 rings (SSSR count). The number of hydrazone groups is 1. The van der Waals surface area contributed by atoms with Crippen LogP contribution in [0.25, 0.3) is 0 Å². The third-order valence-corrected chi connectivity index (χ3v) is 8.44. The second-order valence-electron chi connectivity index (χ2n) is 9.63. The van der Waals surface area contributed by atoms with Gasteiger partial charge < -0.3 is 14.8 Å². The van der Waals surface area contributed by atoms with Crippen LogP contribution >= 0.6 is 0 Å². The smallest absolute Gasteiger partial charge is 0.264 e. The number of hydrogen-bond donors (Lipinski definition) is 2. The Bertz CT molecular complexity index is 1470. The molecule has 2 amide bonds. The van der Waals surface area contributed by atoms with Crippen molar-refractivity contribution in [3.05, 3.63) is 89.5 Å². The average Bonchev–Trinajstić information content (AvgIpc) is 3.50. The highest BCUT2D eigenvalue weighted by Gasteiger charge is 2.28. The number of carbonyl (C=O) groups is 2. The predicted molar refractivity (Wildman–Crippen MR) is 157 cm³/mol. The summed E-state index contributed by atoms with van der Waals surface area (Å²) in [5.41, 5.74) is 5.16. The van der Waals surface area contributed by atoms with Crippen molar-refractivity contribution in [3.63, 3.8) is 0 Å². The van der Waals surface area contributed by atoms with Gasteiger partial charge in [0.1, 0.15) is 12.3 Å². The molecule has 3 aromatic rings. The van der Waals surface area contributed by atoms with E-state index in [4.69, 9.17) is 9.47 Å². The molecule has 0 bridgehead atoms. The molecule has 216 valence electrons. The van der Waals surface area contributed by atoms with Crippen LogP contribution < -0.4 is 19.8 Å². The first kappa shape index (κ1) is 29.8. The zero-order valence-corrected chi connectivity index (χ0v) is 23.9. The van der Waals surface area contributed by atoms with Gasteiger partial charge in [0.05, 0.1) is 22.9 Å². The topological polar surface area (TPSA) is 126 Å². The van der Waals surface area contributed by atoms with Gasteiger partial charge in [0.25, 0.3) is 21.8 Å². The maximum atomic E-state index is 13.5. The largest absolute Gasteiger partial charge is 0.484 e. The van der Waals surface area contributed by atoms with Gasteiger partial charge in [0, 0.05) is 13.2 Å². The first-order valence-corrected chi connectivity index (χ1v) is 14.7. The molecule has 0 aliphatic carbocycles. The van der Waals surface area contributed by atoms with Crippen molar-refractivity contribution < 1.29 is 27.5 Å². The Morgan fingerprint density at radius 1 is 1.02 bits per heavy atom. The van der Waals surface area contributed by atoms with Crippen LogP contribution in [-0.2, 0) is 24.3 Å². The molecule has 2 N–H and O–H groups in total. The van der Waals surface area contributed by atoms with Gasteiger partial charge in [0.2, 0.25) is 0 Å². The van der Waals surface area contributed by atoms with Crippen LogP contribution in [0, 0.1) is 13.8 Å². The standard InChI is InChI=1S/C30H34N4O6S/c1-22-8-6-12-28(23(22)2)34(41(37,38)27-10-4-3-5-11-27)20-29(35)33-32-18-24-13-15-25(16-14-24)40-21-30(36)31-19-26-9-7-17-39-26/h3-6,8,10-16,18,26H,7,9,17,19-21H2,1-2H3,(H,31,36)(H,33,35)/b32-18-/t26-/m1/s1. The highest BCUT2D eigenvalue weighted by atomic mass is 32.2. The molecule has 0 unspecified atom stereocenters. The minimum absolute atomic E-state index is 0.0704. The number of aryl methyl sites for hydroxylation is 1. The number of hydrogen-bond acceptors (Lipinski definition) is 7. The summed E-state index contributed by atoms with van der Waals surface area (Å²) in [5, 5.41) is 6.79. The first-order valence-electron chi connectivity index (χ1n) is 13.3. The van der Waals surface area contributed by atoms with Gasteiger partial charge in [-0.1, -0.05) is 30.3 Å². The fraction of sp³-hybridized carbons (Fsp3) is 0.300. The summed E-state index contributed by atoms with van der Waals surface area (Å²) in [6.45, 7) is 4.34. The molecule has 3 aromatic carbocycles. The number of rotatable bonds is 12. The van der Waals surface area contributed by atoms with Crippen LogP contribution in [0.3, 0.4) is 0 Å². The summed E-state index contributed by atoms with van der Waals surface area (Å²) in [6, 6.07) is 20.1. The van der Waals surface area contributed by atoms with Crippen LogP contribution in [0.2, 0.25) is 0 Å². The zero-order chi connectivity index (χ0) is 29.2. The van der Waals surface area contributed by atoms with Crippen LogP contribution in [0.5, 0.6) is 5.75 Å². The number of nitrogens with zero attached hydrogens (tertiary/aromatic N) is 2. The normalized spacial score (nSPS) is 15.0.